The summed E-state index contributed by atoms with van der Waals surface area (Å²) in [4.78, 5) is 12.9. The second-order valence-corrected chi connectivity index (χ2v) is 5.44. The normalized spacial score (nSPS) is 25.8. The molecule has 4 nitrogen and oxygen atoms in total. The Morgan fingerprint density at radius 3 is 2.94 bits per heavy atom. The number of hydrogen-bond acceptors (Lipinski definition) is 4. The molecule has 1 aliphatic rings. The highest BCUT2D eigenvalue weighted by molar-refractivity contribution is 8.00. The van der Waals surface area contributed by atoms with Crippen LogP contribution in [0, 0.1) is 0 Å². The van der Waals surface area contributed by atoms with Gasteiger partial charge < -0.3 is 14.4 Å². The molecule has 1 aliphatic heterocycles. The van der Waals surface area contributed by atoms with Crippen molar-refractivity contribution in [1.29, 1.82) is 0 Å². The lowest BCUT2D eigenvalue weighted by Gasteiger charge is -2.37. The zero-order valence-corrected chi connectivity index (χ0v) is 10.2. The van der Waals surface area contributed by atoms with Crippen LogP contribution in [-0.2, 0) is 0 Å². The lowest BCUT2D eigenvalue weighted by molar-refractivity contribution is 0.0663. The predicted octanol–water partition coefficient (Wildman–Crippen LogP) is 2.31. The third-order valence-corrected chi connectivity index (χ3v) is 4.31. The maximum Gasteiger partial charge on any atom is 0.371 e. The number of rotatable bonds is 2. The minimum atomic E-state index is -1.02. The van der Waals surface area contributed by atoms with Crippen LogP contribution < -0.4 is 4.90 Å². The van der Waals surface area contributed by atoms with Crippen LogP contribution in [0.2, 0.25) is 0 Å². The van der Waals surface area contributed by atoms with Crippen LogP contribution in [0.3, 0.4) is 0 Å². The van der Waals surface area contributed by atoms with Gasteiger partial charge in [-0.25, -0.2) is 4.79 Å². The molecule has 1 saturated heterocycles. The van der Waals surface area contributed by atoms with E-state index in [4.69, 9.17) is 9.52 Å². The number of carboxylic acid groups (broad SMARTS) is 1. The van der Waals surface area contributed by atoms with Gasteiger partial charge in [-0.2, -0.15) is 11.8 Å². The Hall–Kier alpha value is -1.10. The molecule has 1 aromatic rings. The van der Waals surface area contributed by atoms with E-state index in [0.717, 1.165) is 12.3 Å². The van der Waals surface area contributed by atoms with Gasteiger partial charge in [0.25, 0.3) is 0 Å². The zero-order chi connectivity index (χ0) is 11.7. The molecule has 0 saturated carbocycles. The van der Waals surface area contributed by atoms with Crippen LogP contribution in [-0.4, -0.2) is 34.7 Å². The van der Waals surface area contributed by atoms with Gasteiger partial charge in [-0.3, -0.25) is 0 Å². The van der Waals surface area contributed by atoms with Gasteiger partial charge in [0.2, 0.25) is 5.76 Å². The number of carbonyl (C=O) groups is 1. The first-order valence-corrected chi connectivity index (χ1v) is 6.36. The minimum absolute atomic E-state index is 0.00748. The maximum atomic E-state index is 10.7. The molecule has 0 bridgehead atoms. The largest absolute Gasteiger partial charge is 0.475 e. The number of furan rings is 1. The summed E-state index contributed by atoms with van der Waals surface area (Å²) < 4.78 is 5.32. The Bertz CT molecular complexity index is 390. The van der Waals surface area contributed by atoms with E-state index in [1.807, 2.05) is 11.8 Å². The van der Waals surface area contributed by atoms with Crippen LogP contribution in [0.25, 0.3) is 0 Å². The first-order chi connectivity index (χ1) is 7.59. The summed E-state index contributed by atoms with van der Waals surface area (Å²) >= 11 is 1.94. The van der Waals surface area contributed by atoms with E-state index in [1.165, 1.54) is 6.07 Å². The van der Waals surface area contributed by atoms with Crippen molar-refractivity contribution in [3.8, 4) is 0 Å². The molecule has 1 aromatic heterocycles. The average molecular weight is 241 g/mol. The first kappa shape index (κ1) is 11.4. The highest BCUT2D eigenvalue weighted by Crippen LogP contribution is 2.30. The summed E-state index contributed by atoms with van der Waals surface area (Å²) in [6.07, 6.45) is 0. The topological polar surface area (TPSA) is 53.7 Å². The molecule has 0 aliphatic carbocycles. The number of anilines is 1. The zero-order valence-electron chi connectivity index (χ0n) is 9.34. The van der Waals surface area contributed by atoms with Crippen molar-refractivity contribution in [1.82, 2.24) is 0 Å². The molecular weight excluding hydrogens is 226 g/mol. The molecular formula is C11H15NO3S. The van der Waals surface area contributed by atoms with Gasteiger partial charge >= 0.3 is 5.97 Å². The van der Waals surface area contributed by atoms with Crippen molar-refractivity contribution < 1.29 is 14.3 Å². The third kappa shape index (κ3) is 2.04. The number of hydrogen-bond donors (Lipinski definition) is 1. The van der Waals surface area contributed by atoms with Crippen molar-refractivity contribution in [3.63, 3.8) is 0 Å². The van der Waals surface area contributed by atoms with Crippen LogP contribution >= 0.6 is 11.8 Å². The van der Waals surface area contributed by atoms with Crippen molar-refractivity contribution >= 4 is 23.6 Å². The molecule has 1 fully saturated rings. The molecule has 16 heavy (non-hydrogen) atoms. The van der Waals surface area contributed by atoms with Crippen molar-refractivity contribution in [2.24, 2.45) is 0 Å². The molecule has 2 heterocycles. The monoisotopic (exact) mass is 241 g/mol. The van der Waals surface area contributed by atoms with E-state index in [9.17, 15) is 4.79 Å². The second-order valence-electron chi connectivity index (χ2n) is 3.95. The highest BCUT2D eigenvalue weighted by atomic mass is 32.2. The maximum absolute atomic E-state index is 10.7. The summed E-state index contributed by atoms with van der Waals surface area (Å²) in [6, 6.07) is 3.62. The second kappa shape index (κ2) is 4.41. The van der Waals surface area contributed by atoms with Crippen LogP contribution in [0.4, 0.5) is 5.88 Å². The van der Waals surface area contributed by atoms with Crippen LogP contribution in [0.1, 0.15) is 24.4 Å². The smallest absolute Gasteiger partial charge is 0.371 e. The molecule has 0 aromatic carbocycles. The van der Waals surface area contributed by atoms with Gasteiger partial charge in [-0.05, 0) is 13.0 Å². The van der Waals surface area contributed by atoms with E-state index >= 15 is 0 Å². The standard InChI is InChI=1S/C11H15NO3S/c1-7-8(2)16-6-5-12(7)10-4-3-9(15-10)11(13)14/h3-4,7-8H,5-6H2,1-2H3,(H,13,14). The highest BCUT2D eigenvalue weighted by Gasteiger charge is 2.27. The Balaban J connectivity index is 2.19. The van der Waals surface area contributed by atoms with Gasteiger partial charge in [0.1, 0.15) is 0 Å². The molecule has 0 radical (unpaired) electrons. The molecule has 0 amide bonds. The van der Waals surface area contributed by atoms with E-state index in [0.29, 0.717) is 17.2 Å². The molecule has 88 valence electrons. The summed E-state index contributed by atoms with van der Waals surface area (Å²) in [5, 5.41) is 9.33. The minimum Gasteiger partial charge on any atom is -0.475 e. The van der Waals surface area contributed by atoms with Gasteiger partial charge in [0, 0.05) is 29.7 Å². The Morgan fingerprint density at radius 2 is 2.31 bits per heavy atom. The van der Waals surface area contributed by atoms with Gasteiger partial charge in [-0.1, -0.05) is 6.92 Å². The fourth-order valence-electron chi connectivity index (χ4n) is 1.84. The molecule has 1 N–H and O–H groups in total. The average Bonchev–Trinajstić information content (AvgIpc) is 2.71. The van der Waals surface area contributed by atoms with E-state index in [-0.39, 0.29) is 5.76 Å². The summed E-state index contributed by atoms with van der Waals surface area (Å²) in [5.74, 6) is 0.706. The molecule has 2 rings (SSSR count). The third-order valence-electron chi connectivity index (χ3n) is 2.97. The Labute approximate surface area is 98.6 Å². The predicted molar refractivity (Wildman–Crippen MR) is 64.4 cm³/mol. The summed E-state index contributed by atoms with van der Waals surface area (Å²) in [5.41, 5.74) is 0. The Morgan fingerprint density at radius 1 is 1.56 bits per heavy atom. The molecule has 2 unspecified atom stereocenters. The SMILES string of the molecule is CC1SCCN(c2ccc(C(=O)O)o2)C1C. The van der Waals surface area contributed by atoms with E-state index in [1.54, 1.807) is 6.07 Å². The van der Waals surface area contributed by atoms with Gasteiger partial charge in [0.15, 0.2) is 5.88 Å². The Kier molecular flexibility index (Phi) is 3.14. The first-order valence-electron chi connectivity index (χ1n) is 5.31. The van der Waals surface area contributed by atoms with Crippen molar-refractivity contribution in [2.75, 3.05) is 17.2 Å². The fourth-order valence-corrected chi connectivity index (χ4v) is 2.94. The van der Waals surface area contributed by atoms with Gasteiger partial charge in [-0.15, -0.1) is 0 Å². The van der Waals surface area contributed by atoms with E-state index in [2.05, 4.69) is 18.7 Å². The lowest BCUT2D eigenvalue weighted by Crippen LogP contribution is -2.44. The van der Waals surface area contributed by atoms with Gasteiger partial charge in [0.05, 0.1) is 0 Å². The summed E-state index contributed by atoms with van der Waals surface area (Å²) in [7, 11) is 0. The molecule has 2 atom stereocenters. The van der Waals surface area contributed by atoms with Crippen molar-refractivity contribution in [3.05, 3.63) is 17.9 Å². The quantitative estimate of drug-likeness (QED) is 0.861. The number of aromatic carboxylic acids is 1. The van der Waals surface area contributed by atoms with Crippen molar-refractivity contribution in [2.45, 2.75) is 25.1 Å². The van der Waals surface area contributed by atoms with Crippen LogP contribution in [0.15, 0.2) is 16.5 Å². The summed E-state index contributed by atoms with van der Waals surface area (Å²) in [6.45, 7) is 5.23. The molecule has 5 heteroatoms. The lowest BCUT2D eigenvalue weighted by atomic mass is 10.2. The number of nitrogens with zero attached hydrogens (tertiary/aromatic N) is 1. The fraction of sp³-hybridized carbons (Fsp3) is 0.545. The van der Waals surface area contributed by atoms with Crippen LogP contribution in [0.5, 0.6) is 0 Å². The van der Waals surface area contributed by atoms with E-state index < -0.39 is 5.97 Å². The number of carboxylic acids is 1. The molecule has 0 spiro atoms. The number of thioether (sulfide) groups is 1.